The molecule has 0 fully saturated rings. The molecule has 0 saturated heterocycles. The number of nitrogens with one attached hydrogen (secondary N) is 1. The number of hydrogen-bond donors (Lipinski definition) is 1. The van der Waals surface area contributed by atoms with E-state index in [2.05, 4.69) is 18.5 Å². The van der Waals surface area contributed by atoms with Gasteiger partial charge in [0.2, 0.25) is 5.43 Å². The molecule has 0 radical (unpaired) electrons. The number of fused-ring (bicyclic) bond motifs is 1. The van der Waals surface area contributed by atoms with E-state index in [1.165, 1.54) is 11.0 Å². The Balaban J connectivity index is 1.87. The standard InChI is InChI=1S/C31H28F6N4O4/c1-4-18(3)39-17-41(21(5-2)13-31(35,36)37)40-15-23(29(43)38-14-22-24(33)11-20(32)12-25(22)34)27(42)28(26(40)30(39)44)45-16-19-9-7-6-8-10-19/h4-12,15,18,21H,1-2,13-14,16-17H2,3H3,(H,38,43). The molecular formula is C31H28F6N4O4. The number of ether oxygens (including phenoxy) is 1. The van der Waals surface area contributed by atoms with Crippen molar-refractivity contribution in [1.29, 1.82) is 0 Å². The van der Waals surface area contributed by atoms with Crippen LogP contribution in [0.1, 0.15) is 45.3 Å². The van der Waals surface area contributed by atoms with Crippen molar-refractivity contribution in [2.24, 2.45) is 0 Å². The number of rotatable bonds is 11. The third-order valence-electron chi connectivity index (χ3n) is 7.11. The number of benzene rings is 2. The Morgan fingerprint density at radius 2 is 1.71 bits per heavy atom. The van der Waals surface area contributed by atoms with Crippen LogP contribution in [0.3, 0.4) is 0 Å². The SMILES string of the molecule is C=CC(C)N1CN(C(C=C)CC(F)(F)F)n2cc(C(=O)NCc3c(F)cc(F)cc3F)c(=O)c(OCc3ccccc3)c2C1=O. The van der Waals surface area contributed by atoms with Gasteiger partial charge in [-0.25, -0.2) is 13.2 Å². The Kier molecular flexibility index (Phi) is 9.74. The maximum absolute atomic E-state index is 14.2. The van der Waals surface area contributed by atoms with Gasteiger partial charge in [-0.1, -0.05) is 42.5 Å². The van der Waals surface area contributed by atoms with E-state index in [-0.39, 0.29) is 6.61 Å². The molecule has 8 nitrogen and oxygen atoms in total. The average molecular weight is 635 g/mol. The first-order valence-corrected chi connectivity index (χ1v) is 13.5. The molecule has 1 aliphatic heterocycles. The second-order valence-corrected chi connectivity index (χ2v) is 10.2. The number of pyridine rings is 1. The average Bonchev–Trinajstić information content (AvgIpc) is 2.98. The minimum atomic E-state index is -4.68. The fourth-order valence-electron chi connectivity index (χ4n) is 4.68. The second kappa shape index (κ2) is 13.3. The van der Waals surface area contributed by atoms with Crippen molar-refractivity contribution >= 4 is 11.8 Å². The minimum Gasteiger partial charge on any atom is -0.482 e. The van der Waals surface area contributed by atoms with E-state index < -0.39 is 95.2 Å². The van der Waals surface area contributed by atoms with Crippen molar-refractivity contribution in [3.05, 3.63) is 124 Å². The maximum atomic E-state index is 14.2. The lowest BCUT2D eigenvalue weighted by molar-refractivity contribution is -0.137. The fourth-order valence-corrected chi connectivity index (χ4v) is 4.68. The zero-order chi connectivity index (χ0) is 33.1. The van der Waals surface area contributed by atoms with Crippen molar-refractivity contribution < 1.29 is 40.7 Å². The normalized spacial score (nSPS) is 14.4. The van der Waals surface area contributed by atoms with Crippen molar-refractivity contribution in [3.63, 3.8) is 0 Å². The number of alkyl halides is 3. The lowest BCUT2D eigenvalue weighted by Gasteiger charge is -2.44. The van der Waals surface area contributed by atoms with Gasteiger partial charge in [0.15, 0.2) is 11.4 Å². The molecule has 0 bridgehead atoms. The molecule has 238 valence electrons. The number of carbonyl (C=O) groups is 2. The molecule has 2 unspecified atom stereocenters. The summed E-state index contributed by atoms with van der Waals surface area (Å²) in [6.07, 6.45) is -2.83. The summed E-state index contributed by atoms with van der Waals surface area (Å²) in [5.74, 6) is -6.41. The highest BCUT2D eigenvalue weighted by atomic mass is 19.4. The Morgan fingerprint density at radius 3 is 2.29 bits per heavy atom. The van der Waals surface area contributed by atoms with Crippen molar-refractivity contribution in [2.45, 2.75) is 44.8 Å². The van der Waals surface area contributed by atoms with Crippen LogP contribution in [0.4, 0.5) is 26.3 Å². The molecule has 0 aliphatic carbocycles. The number of aromatic nitrogens is 1. The van der Waals surface area contributed by atoms with Gasteiger partial charge in [-0.05, 0) is 12.5 Å². The van der Waals surface area contributed by atoms with Gasteiger partial charge in [-0.3, -0.25) is 24.1 Å². The van der Waals surface area contributed by atoms with Crippen LogP contribution in [0, 0.1) is 17.5 Å². The van der Waals surface area contributed by atoms with Gasteiger partial charge in [0, 0.05) is 36.5 Å². The molecule has 1 N–H and O–H groups in total. The number of halogens is 6. The highest BCUT2D eigenvalue weighted by Crippen LogP contribution is 2.30. The summed E-state index contributed by atoms with van der Waals surface area (Å²) < 4.78 is 89.4. The number of nitrogens with zero attached hydrogens (tertiary/aromatic N) is 3. The van der Waals surface area contributed by atoms with Crippen molar-refractivity contribution in [1.82, 2.24) is 14.9 Å². The quantitative estimate of drug-likeness (QED) is 0.232. The van der Waals surface area contributed by atoms with Crippen LogP contribution in [-0.2, 0) is 13.2 Å². The van der Waals surface area contributed by atoms with Crippen molar-refractivity contribution in [3.8, 4) is 5.75 Å². The smallest absolute Gasteiger partial charge is 0.391 e. The Morgan fingerprint density at radius 1 is 1.07 bits per heavy atom. The summed E-state index contributed by atoms with van der Waals surface area (Å²) in [6, 6.07) is 7.03. The monoisotopic (exact) mass is 634 g/mol. The van der Waals surface area contributed by atoms with Crippen LogP contribution < -0.4 is 20.5 Å². The molecule has 1 aliphatic rings. The van der Waals surface area contributed by atoms with Crippen LogP contribution in [0.2, 0.25) is 0 Å². The number of hydrogen-bond acceptors (Lipinski definition) is 5. The molecule has 2 atom stereocenters. The van der Waals surface area contributed by atoms with E-state index in [0.29, 0.717) is 17.7 Å². The van der Waals surface area contributed by atoms with Gasteiger partial charge in [-0.15, -0.1) is 13.2 Å². The van der Waals surface area contributed by atoms with Crippen LogP contribution in [0.15, 0.2) is 78.8 Å². The van der Waals surface area contributed by atoms with E-state index >= 15 is 0 Å². The third kappa shape index (κ3) is 7.21. The van der Waals surface area contributed by atoms with Crippen LogP contribution in [0.25, 0.3) is 0 Å². The summed E-state index contributed by atoms with van der Waals surface area (Å²) in [5, 5.41) is 3.26. The van der Waals surface area contributed by atoms with Gasteiger partial charge in [-0.2, -0.15) is 13.2 Å². The second-order valence-electron chi connectivity index (χ2n) is 10.2. The predicted molar refractivity (Wildman–Crippen MR) is 153 cm³/mol. The highest BCUT2D eigenvalue weighted by Gasteiger charge is 2.41. The van der Waals surface area contributed by atoms with Gasteiger partial charge in [0.05, 0.1) is 12.5 Å². The predicted octanol–water partition coefficient (Wildman–Crippen LogP) is 5.21. The van der Waals surface area contributed by atoms with E-state index in [1.54, 1.807) is 37.3 Å². The van der Waals surface area contributed by atoms with E-state index in [1.807, 2.05) is 0 Å². The molecule has 4 rings (SSSR count). The highest BCUT2D eigenvalue weighted by molar-refractivity contribution is 5.99. The fraction of sp³-hybridized carbons (Fsp3) is 0.258. The first-order chi connectivity index (χ1) is 21.2. The Bertz CT molecular complexity index is 1650. The molecule has 45 heavy (non-hydrogen) atoms. The van der Waals surface area contributed by atoms with E-state index in [0.717, 1.165) is 22.0 Å². The van der Waals surface area contributed by atoms with Gasteiger partial charge in [0.25, 0.3) is 11.8 Å². The largest absolute Gasteiger partial charge is 0.482 e. The summed E-state index contributed by atoms with van der Waals surface area (Å²) in [4.78, 5) is 42.0. The Labute approximate surface area is 253 Å². The summed E-state index contributed by atoms with van der Waals surface area (Å²) in [5.41, 5.74) is -2.42. The maximum Gasteiger partial charge on any atom is 0.391 e. The van der Waals surface area contributed by atoms with Gasteiger partial charge < -0.3 is 15.0 Å². The topological polar surface area (TPSA) is 83.9 Å². The molecule has 0 spiro atoms. The Hall–Kier alpha value is -5.01. The molecule has 2 amide bonds. The molecule has 14 heteroatoms. The summed E-state index contributed by atoms with van der Waals surface area (Å²) in [6.45, 7) is 7.23. The van der Waals surface area contributed by atoms with E-state index in [9.17, 15) is 40.7 Å². The van der Waals surface area contributed by atoms with Crippen LogP contribution in [-0.4, -0.2) is 46.3 Å². The van der Waals surface area contributed by atoms with Crippen LogP contribution in [0.5, 0.6) is 5.75 Å². The first kappa shape index (κ1) is 32.9. The lowest BCUT2D eigenvalue weighted by atomic mass is 10.1. The van der Waals surface area contributed by atoms with Gasteiger partial charge in [0.1, 0.15) is 36.3 Å². The van der Waals surface area contributed by atoms with Crippen molar-refractivity contribution in [2.75, 3.05) is 11.7 Å². The minimum absolute atomic E-state index is 0.266. The molecular weight excluding hydrogens is 606 g/mol. The summed E-state index contributed by atoms with van der Waals surface area (Å²) in [7, 11) is 0. The number of amides is 2. The zero-order valence-corrected chi connectivity index (χ0v) is 23.9. The molecule has 3 aromatic rings. The third-order valence-corrected chi connectivity index (χ3v) is 7.11. The number of carbonyl (C=O) groups excluding carboxylic acids is 2. The summed E-state index contributed by atoms with van der Waals surface area (Å²) >= 11 is 0. The molecule has 0 saturated carbocycles. The molecule has 2 aromatic carbocycles. The van der Waals surface area contributed by atoms with E-state index in [4.69, 9.17) is 4.74 Å². The zero-order valence-electron chi connectivity index (χ0n) is 23.9. The van der Waals surface area contributed by atoms with Crippen LogP contribution >= 0.6 is 0 Å². The first-order valence-electron chi connectivity index (χ1n) is 13.5. The van der Waals surface area contributed by atoms with Gasteiger partial charge >= 0.3 is 6.18 Å². The molecule has 2 heterocycles. The molecule has 1 aromatic heterocycles. The lowest BCUT2D eigenvalue weighted by Crippen LogP contribution is -2.60.